The second kappa shape index (κ2) is 10.5. The molecule has 1 heterocycles. The van der Waals surface area contributed by atoms with Crippen LogP contribution in [0, 0.1) is 11.3 Å². The molecule has 1 saturated heterocycles. The molecule has 0 spiro atoms. The van der Waals surface area contributed by atoms with Crippen LogP contribution in [0.1, 0.15) is 25.3 Å². The van der Waals surface area contributed by atoms with E-state index >= 15 is 0 Å². The highest BCUT2D eigenvalue weighted by atomic mass is 35.5. The maximum atomic E-state index is 12.3. The maximum absolute atomic E-state index is 12.3. The topological polar surface area (TPSA) is 118 Å². The smallest absolute Gasteiger partial charge is 0.341 e. The van der Waals surface area contributed by atoms with Gasteiger partial charge in [0.15, 0.2) is 18.1 Å². The largest absolute Gasteiger partial charge is 0.490 e. The van der Waals surface area contributed by atoms with Crippen molar-refractivity contribution in [3.63, 3.8) is 0 Å². The van der Waals surface area contributed by atoms with E-state index in [1.807, 2.05) is 6.07 Å². The first-order valence-electron chi connectivity index (χ1n) is 8.77. The zero-order valence-corrected chi connectivity index (χ0v) is 16.1. The highest BCUT2D eigenvalue weighted by Crippen LogP contribution is 2.37. The maximum Gasteiger partial charge on any atom is 0.341 e. The van der Waals surface area contributed by atoms with Gasteiger partial charge in [-0.05, 0) is 43.5 Å². The van der Waals surface area contributed by atoms with E-state index in [9.17, 15) is 14.9 Å². The van der Waals surface area contributed by atoms with Crippen molar-refractivity contribution in [2.24, 2.45) is 0 Å². The predicted octanol–water partition coefficient (Wildman–Crippen LogP) is 2.40. The number of nitrogens with one attached hydrogen (secondary N) is 1. The van der Waals surface area contributed by atoms with Crippen molar-refractivity contribution < 1.29 is 28.9 Å². The van der Waals surface area contributed by atoms with Crippen LogP contribution in [0.25, 0.3) is 6.08 Å². The average Bonchev–Trinajstić information content (AvgIpc) is 3.17. The Hall–Kier alpha value is -2.76. The first-order chi connectivity index (χ1) is 13.4. The van der Waals surface area contributed by atoms with Gasteiger partial charge in [0.25, 0.3) is 5.91 Å². The molecule has 8 nitrogen and oxygen atoms in total. The van der Waals surface area contributed by atoms with E-state index in [2.05, 4.69) is 5.32 Å². The zero-order chi connectivity index (χ0) is 20.5. The third kappa shape index (κ3) is 6.15. The quantitative estimate of drug-likeness (QED) is 0.475. The van der Waals surface area contributed by atoms with Crippen LogP contribution in [0.4, 0.5) is 0 Å². The van der Waals surface area contributed by atoms with Crippen LogP contribution in [-0.4, -0.2) is 49.5 Å². The van der Waals surface area contributed by atoms with Crippen LogP contribution in [0.2, 0.25) is 5.02 Å². The van der Waals surface area contributed by atoms with E-state index in [-0.39, 0.29) is 28.2 Å². The monoisotopic (exact) mass is 408 g/mol. The van der Waals surface area contributed by atoms with Gasteiger partial charge in [-0.15, -0.1) is 0 Å². The van der Waals surface area contributed by atoms with Gasteiger partial charge in [-0.2, -0.15) is 5.26 Å². The molecule has 0 aliphatic carbocycles. The Bertz CT molecular complexity index is 796. The van der Waals surface area contributed by atoms with E-state index in [0.717, 1.165) is 12.8 Å². The molecule has 2 N–H and O–H groups in total. The number of aliphatic carboxylic acids is 1. The van der Waals surface area contributed by atoms with Crippen molar-refractivity contribution in [3.05, 3.63) is 28.3 Å². The summed E-state index contributed by atoms with van der Waals surface area (Å²) in [5, 5.41) is 20.9. The van der Waals surface area contributed by atoms with Crippen molar-refractivity contribution in [2.45, 2.75) is 25.9 Å². The van der Waals surface area contributed by atoms with Crippen molar-refractivity contribution in [1.82, 2.24) is 5.32 Å². The van der Waals surface area contributed by atoms with E-state index < -0.39 is 18.5 Å². The van der Waals surface area contributed by atoms with Crippen LogP contribution >= 0.6 is 11.6 Å². The number of nitrogens with zero attached hydrogens (tertiary/aromatic N) is 1. The normalized spacial score (nSPS) is 16.3. The minimum Gasteiger partial charge on any atom is -0.490 e. The molecule has 0 aromatic heterocycles. The third-order valence-electron chi connectivity index (χ3n) is 3.86. The Balaban J connectivity index is 2.19. The van der Waals surface area contributed by atoms with Crippen LogP contribution < -0.4 is 14.8 Å². The van der Waals surface area contributed by atoms with Gasteiger partial charge in [-0.25, -0.2) is 4.79 Å². The third-order valence-corrected chi connectivity index (χ3v) is 4.14. The fourth-order valence-corrected chi connectivity index (χ4v) is 2.90. The van der Waals surface area contributed by atoms with Gasteiger partial charge < -0.3 is 24.6 Å². The van der Waals surface area contributed by atoms with Crippen molar-refractivity contribution in [1.29, 1.82) is 5.26 Å². The average molecular weight is 409 g/mol. The summed E-state index contributed by atoms with van der Waals surface area (Å²) in [6.45, 7) is 2.47. The number of amides is 1. The Morgan fingerprint density at radius 1 is 1.46 bits per heavy atom. The number of carboxylic acids is 1. The van der Waals surface area contributed by atoms with Gasteiger partial charge in [0.2, 0.25) is 0 Å². The van der Waals surface area contributed by atoms with Crippen LogP contribution in [0.5, 0.6) is 11.5 Å². The lowest BCUT2D eigenvalue weighted by molar-refractivity contribution is -0.139. The summed E-state index contributed by atoms with van der Waals surface area (Å²) in [6.07, 6.45) is 3.17. The minimum atomic E-state index is -1.16. The molecule has 9 heteroatoms. The fraction of sp³-hybridized carbons (Fsp3) is 0.421. The van der Waals surface area contributed by atoms with E-state index in [0.29, 0.717) is 25.3 Å². The van der Waals surface area contributed by atoms with Crippen LogP contribution in [-0.2, 0) is 14.3 Å². The van der Waals surface area contributed by atoms with Gasteiger partial charge in [0, 0.05) is 13.2 Å². The molecule has 1 aliphatic rings. The summed E-state index contributed by atoms with van der Waals surface area (Å²) in [7, 11) is 0. The number of carboxylic acid groups (broad SMARTS) is 1. The van der Waals surface area contributed by atoms with Crippen molar-refractivity contribution in [2.75, 3.05) is 26.4 Å². The molecule has 1 fully saturated rings. The Morgan fingerprint density at radius 2 is 2.25 bits per heavy atom. The van der Waals surface area contributed by atoms with Crippen LogP contribution in [0.15, 0.2) is 17.7 Å². The molecule has 1 aromatic rings. The molecular formula is C19H21ClN2O6. The molecule has 0 bridgehead atoms. The van der Waals surface area contributed by atoms with Gasteiger partial charge in [0.05, 0.1) is 17.7 Å². The zero-order valence-electron chi connectivity index (χ0n) is 15.4. The van der Waals surface area contributed by atoms with E-state index in [1.165, 1.54) is 18.2 Å². The summed E-state index contributed by atoms with van der Waals surface area (Å²) < 4.78 is 16.1. The SMILES string of the molecule is CCOc1cc(/C=C(\C#N)C(=O)NC[C@H]2CCCO2)cc(Cl)c1OCC(=O)O. The number of benzene rings is 1. The van der Waals surface area contributed by atoms with Crippen molar-refractivity contribution in [3.8, 4) is 17.6 Å². The molecule has 2 rings (SSSR count). The Morgan fingerprint density at radius 3 is 2.86 bits per heavy atom. The molecule has 0 radical (unpaired) electrons. The fourth-order valence-electron chi connectivity index (χ4n) is 2.63. The molecule has 1 atom stereocenters. The van der Waals surface area contributed by atoms with Gasteiger partial charge >= 0.3 is 5.97 Å². The molecule has 1 amide bonds. The predicted molar refractivity (Wildman–Crippen MR) is 101 cm³/mol. The lowest BCUT2D eigenvalue weighted by Crippen LogP contribution is -2.32. The number of carbonyl (C=O) groups is 2. The van der Waals surface area contributed by atoms with E-state index in [4.69, 9.17) is 30.9 Å². The summed E-state index contributed by atoms with van der Waals surface area (Å²) in [5.41, 5.74) is 0.343. The second-order valence-electron chi connectivity index (χ2n) is 5.96. The highest BCUT2D eigenvalue weighted by Gasteiger charge is 2.18. The van der Waals surface area contributed by atoms with Gasteiger partial charge in [-0.3, -0.25) is 4.79 Å². The van der Waals surface area contributed by atoms with Gasteiger partial charge in [0.1, 0.15) is 11.6 Å². The number of nitriles is 1. The number of rotatable bonds is 9. The molecule has 0 unspecified atom stereocenters. The summed E-state index contributed by atoms with van der Waals surface area (Å²) in [4.78, 5) is 23.0. The first-order valence-corrected chi connectivity index (χ1v) is 9.15. The van der Waals surface area contributed by atoms with Crippen molar-refractivity contribution >= 4 is 29.6 Å². The van der Waals surface area contributed by atoms with Gasteiger partial charge in [-0.1, -0.05) is 11.6 Å². The summed E-state index contributed by atoms with van der Waals surface area (Å²) in [5.74, 6) is -1.36. The second-order valence-corrected chi connectivity index (χ2v) is 6.37. The standard InChI is InChI=1S/C19H21ClN2O6/c1-2-26-16-8-12(7-15(20)18(16)28-11-17(23)24)6-13(9-21)19(25)22-10-14-4-3-5-27-14/h6-8,14H,2-5,10-11H2,1H3,(H,22,25)(H,23,24)/b13-6+/t14-/m1/s1. The molecule has 150 valence electrons. The first kappa shape index (κ1) is 21.5. The molecule has 0 saturated carbocycles. The number of carbonyl (C=O) groups excluding carboxylic acids is 1. The lowest BCUT2D eigenvalue weighted by Gasteiger charge is -2.13. The Kier molecular flexibility index (Phi) is 8.11. The Labute approximate surface area is 167 Å². The summed E-state index contributed by atoms with van der Waals surface area (Å²) in [6, 6.07) is 4.86. The lowest BCUT2D eigenvalue weighted by atomic mass is 10.1. The number of hydrogen-bond acceptors (Lipinski definition) is 6. The molecule has 1 aromatic carbocycles. The van der Waals surface area contributed by atoms with E-state index in [1.54, 1.807) is 6.92 Å². The molecule has 28 heavy (non-hydrogen) atoms. The van der Waals surface area contributed by atoms with Crippen LogP contribution in [0.3, 0.4) is 0 Å². The minimum absolute atomic E-state index is 0.0337. The molecule has 1 aliphatic heterocycles. The highest BCUT2D eigenvalue weighted by molar-refractivity contribution is 6.32. The summed E-state index contributed by atoms with van der Waals surface area (Å²) >= 11 is 6.18. The molecular weight excluding hydrogens is 388 g/mol. The number of hydrogen-bond donors (Lipinski definition) is 2. The number of halogens is 1. The number of ether oxygens (including phenoxy) is 3.